The number of piperidine rings is 1. The van der Waals surface area contributed by atoms with Crippen molar-refractivity contribution in [3.8, 4) is 0 Å². The molecule has 1 aliphatic carbocycles. The Morgan fingerprint density at radius 1 is 1.48 bits per heavy atom. The summed E-state index contributed by atoms with van der Waals surface area (Å²) < 4.78 is 6.74. The van der Waals surface area contributed by atoms with Gasteiger partial charge in [0.1, 0.15) is 0 Å². The monoisotopic (exact) mass is 333 g/mol. The molecule has 0 N–H and O–H groups in total. The molecule has 1 spiro atoms. The van der Waals surface area contributed by atoms with Gasteiger partial charge in [0.15, 0.2) is 0 Å². The zero-order valence-electron chi connectivity index (χ0n) is 12.1. The molecule has 1 aromatic rings. The number of rotatable bonds is 4. The van der Waals surface area contributed by atoms with Crippen LogP contribution in [0.15, 0.2) is 12.4 Å². The van der Waals surface area contributed by atoms with Crippen molar-refractivity contribution >= 4 is 30.0 Å². The number of carbonyl (C=O) groups is 1. The smallest absolute Gasteiger partial charge is 0.309 e. The van der Waals surface area contributed by atoms with Gasteiger partial charge in [-0.1, -0.05) is 11.6 Å². The first kappa shape index (κ1) is 16.6. The van der Waals surface area contributed by atoms with Crippen molar-refractivity contribution in [3.05, 3.63) is 17.4 Å². The molecule has 0 radical (unpaired) electrons. The van der Waals surface area contributed by atoms with Crippen LogP contribution in [-0.2, 0) is 16.1 Å². The maximum atomic E-state index is 11.6. The Labute approximate surface area is 136 Å². The molecule has 0 bridgehead atoms. The van der Waals surface area contributed by atoms with Crippen LogP contribution in [0.3, 0.4) is 0 Å². The predicted octanol–water partition coefficient (Wildman–Crippen LogP) is 2.23. The molecule has 0 amide bonds. The number of ether oxygens (including phenoxy) is 1. The third-order valence-electron chi connectivity index (χ3n) is 4.77. The SMILES string of the molecule is COC(=O)C1CC12CCN(CCn1cc(Cl)cn1)CC2.Cl. The molecule has 1 unspecified atom stereocenters. The Hall–Kier alpha value is -0.780. The molecule has 1 saturated carbocycles. The number of methoxy groups -OCH3 is 1. The fraction of sp³-hybridized carbons (Fsp3) is 0.714. The minimum absolute atomic E-state index is 0. The Kier molecular flexibility index (Phi) is 5.17. The van der Waals surface area contributed by atoms with Gasteiger partial charge in [0, 0.05) is 12.7 Å². The molecule has 1 atom stereocenters. The van der Waals surface area contributed by atoms with E-state index in [1.54, 1.807) is 6.20 Å². The summed E-state index contributed by atoms with van der Waals surface area (Å²) in [5.74, 6) is 0.129. The van der Waals surface area contributed by atoms with Crippen LogP contribution in [0.4, 0.5) is 0 Å². The van der Waals surface area contributed by atoms with E-state index in [2.05, 4.69) is 10.00 Å². The molecular formula is C14H21Cl2N3O2. The number of likely N-dealkylation sites (tertiary alicyclic amines) is 1. The highest BCUT2D eigenvalue weighted by Gasteiger charge is 2.59. The Bertz CT molecular complexity index is 498. The van der Waals surface area contributed by atoms with E-state index < -0.39 is 0 Å². The molecular weight excluding hydrogens is 313 g/mol. The third-order valence-corrected chi connectivity index (χ3v) is 4.97. The predicted molar refractivity (Wildman–Crippen MR) is 82.7 cm³/mol. The second kappa shape index (κ2) is 6.55. The number of hydrogen-bond donors (Lipinski definition) is 0. The van der Waals surface area contributed by atoms with Gasteiger partial charge in [0.2, 0.25) is 0 Å². The fourth-order valence-corrected chi connectivity index (χ4v) is 3.46. The molecule has 1 aromatic heterocycles. The van der Waals surface area contributed by atoms with Crippen molar-refractivity contribution in [1.29, 1.82) is 0 Å². The van der Waals surface area contributed by atoms with Crippen LogP contribution in [0.25, 0.3) is 0 Å². The lowest BCUT2D eigenvalue weighted by Crippen LogP contribution is -2.37. The molecule has 1 aliphatic heterocycles. The molecule has 2 aliphatic rings. The van der Waals surface area contributed by atoms with Crippen LogP contribution in [0.2, 0.25) is 5.02 Å². The zero-order valence-corrected chi connectivity index (χ0v) is 13.7. The molecule has 3 rings (SSSR count). The van der Waals surface area contributed by atoms with Crippen LogP contribution < -0.4 is 0 Å². The molecule has 2 heterocycles. The van der Waals surface area contributed by atoms with Gasteiger partial charge < -0.3 is 9.64 Å². The van der Waals surface area contributed by atoms with Crippen LogP contribution in [-0.4, -0.2) is 47.4 Å². The number of carbonyl (C=O) groups excluding carboxylic acids is 1. The quantitative estimate of drug-likeness (QED) is 0.793. The van der Waals surface area contributed by atoms with Gasteiger partial charge in [-0.2, -0.15) is 5.10 Å². The van der Waals surface area contributed by atoms with E-state index in [9.17, 15) is 4.79 Å². The van der Waals surface area contributed by atoms with E-state index in [4.69, 9.17) is 16.3 Å². The van der Waals surface area contributed by atoms with Gasteiger partial charge in [-0.25, -0.2) is 0 Å². The van der Waals surface area contributed by atoms with Crippen LogP contribution in [0.5, 0.6) is 0 Å². The van der Waals surface area contributed by atoms with Gasteiger partial charge in [0.05, 0.1) is 30.8 Å². The summed E-state index contributed by atoms with van der Waals surface area (Å²) >= 11 is 5.85. The molecule has 118 valence electrons. The summed E-state index contributed by atoms with van der Waals surface area (Å²) in [6.45, 7) is 3.96. The fourth-order valence-electron chi connectivity index (χ4n) is 3.30. The van der Waals surface area contributed by atoms with E-state index >= 15 is 0 Å². The standard InChI is InChI=1S/C14H20ClN3O2.ClH/c1-20-13(19)12-8-14(12)2-4-17(5-3-14)6-7-18-10-11(15)9-16-18;/h9-10,12H,2-8H2,1H3;1H. The van der Waals surface area contributed by atoms with Crippen molar-refractivity contribution in [2.24, 2.45) is 11.3 Å². The van der Waals surface area contributed by atoms with E-state index in [-0.39, 0.29) is 29.7 Å². The van der Waals surface area contributed by atoms with Gasteiger partial charge in [-0.05, 0) is 37.8 Å². The van der Waals surface area contributed by atoms with Crippen LogP contribution in [0.1, 0.15) is 19.3 Å². The topological polar surface area (TPSA) is 47.4 Å². The van der Waals surface area contributed by atoms with Crippen LogP contribution in [0, 0.1) is 11.3 Å². The summed E-state index contributed by atoms with van der Waals surface area (Å²) in [6.07, 6.45) is 6.74. The molecule has 21 heavy (non-hydrogen) atoms. The third kappa shape index (κ3) is 3.52. The first-order valence-electron chi connectivity index (χ1n) is 7.11. The highest BCUT2D eigenvalue weighted by atomic mass is 35.5. The van der Waals surface area contributed by atoms with Crippen molar-refractivity contribution in [2.45, 2.75) is 25.8 Å². The van der Waals surface area contributed by atoms with E-state index in [1.807, 2.05) is 10.9 Å². The second-order valence-electron chi connectivity index (χ2n) is 5.91. The molecule has 0 aromatic carbocycles. The Morgan fingerprint density at radius 2 is 2.19 bits per heavy atom. The summed E-state index contributed by atoms with van der Waals surface area (Å²) in [4.78, 5) is 14.0. The summed E-state index contributed by atoms with van der Waals surface area (Å²) in [6, 6.07) is 0. The number of esters is 1. The largest absolute Gasteiger partial charge is 0.469 e. The van der Waals surface area contributed by atoms with Gasteiger partial charge >= 0.3 is 5.97 Å². The Balaban J connectivity index is 0.00000161. The normalized spacial score (nSPS) is 23.6. The highest BCUT2D eigenvalue weighted by molar-refractivity contribution is 6.30. The number of hydrogen-bond acceptors (Lipinski definition) is 4. The minimum atomic E-state index is -0.0235. The molecule has 2 fully saturated rings. The summed E-state index contributed by atoms with van der Waals surface area (Å²) in [5.41, 5.74) is 0.249. The van der Waals surface area contributed by atoms with E-state index in [0.717, 1.165) is 45.4 Å². The number of nitrogens with zero attached hydrogens (tertiary/aromatic N) is 3. The minimum Gasteiger partial charge on any atom is -0.469 e. The maximum Gasteiger partial charge on any atom is 0.309 e. The number of aromatic nitrogens is 2. The zero-order chi connectivity index (χ0) is 14.2. The first-order valence-corrected chi connectivity index (χ1v) is 7.49. The van der Waals surface area contributed by atoms with Gasteiger partial charge in [0.25, 0.3) is 0 Å². The second-order valence-corrected chi connectivity index (χ2v) is 6.34. The first-order chi connectivity index (χ1) is 9.63. The van der Waals surface area contributed by atoms with Gasteiger partial charge in [-0.3, -0.25) is 9.48 Å². The Morgan fingerprint density at radius 3 is 2.76 bits per heavy atom. The lowest BCUT2D eigenvalue weighted by Gasteiger charge is -2.32. The maximum absolute atomic E-state index is 11.6. The van der Waals surface area contributed by atoms with Crippen molar-refractivity contribution in [1.82, 2.24) is 14.7 Å². The summed E-state index contributed by atoms with van der Waals surface area (Å²) in [5, 5.41) is 4.87. The lowest BCUT2D eigenvalue weighted by molar-refractivity contribution is -0.143. The van der Waals surface area contributed by atoms with Crippen molar-refractivity contribution in [2.75, 3.05) is 26.7 Å². The summed E-state index contributed by atoms with van der Waals surface area (Å²) in [7, 11) is 1.48. The molecule has 1 saturated heterocycles. The highest BCUT2D eigenvalue weighted by Crippen LogP contribution is 2.59. The van der Waals surface area contributed by atoms with E-state index in [0.29, 0.717) is 5.02 Å². The van der Waals surface area contributed by atoms with Crippen molar-refractivity contribution < 1.29 is 9.53 Å². The van der Waals surface area contributed by atoms with Crippen molar-refractivity contribution in [3.63, 3.8) is 0 Å². The van der Waals surface area contributed by atoms with E-state index in [1.165, 1.54) is 7.11 Å². The van der Waals surface area contributed by atoms with Crippen LogP contribution >= 0.6 is 24.0 Å². The molecule has 5 nitrogen and oxygen atoms in total. The molecule has 7 heteroatoms. The lowest BCUT2D eigenvalue weighted by atomic mass is 9.91. The average molecular weight is 334 g/mol. The van der Waals surface area contributed by atoms with Gasteiger partial charge in [-0.15, -0.1) is 12.4 Å². The average Bonchev–Trinajstić information content (AvgIpc) is 3.00. The number of halogens is 2.